The van der Waals surface area contributed by atoms with Gasteiger partial charge < -0.3 is 9.84 Å². The summed E-state index contributed by atoms with van der Waals surface area (Å²) >= 11 is 5.79. The Morgan fingerprint density at radius 3 is 2.50 bits per heavy atom. The van der Waals surface area contributed by atoms with E-state index in [1.807, 2.05) is 0 Å². The molecule has 0 spiro atoms. The van der Waals surface area contributed by atoms with E-state index in [4.69, 9.17) is 16.1 Å². The van der Waals surface area contributed by atoms with E-state index in [9.17, 15) is 13.2 Å². The van der Waals surface area contributed by atoms with Crippen molar-refractivity contribution >= 4 is 33.2 Å². The van der Waals surface area contributed by atoms with Crippen LogP contribution in [0.2, 0.25) is 5.02 Å². The lowest BCUT2D eigenvalue weighted by atomic mass is 10.1. The number of amides is 1. The molecule has 3 rings (SSSR count). The maximum absolute atomic E-state index is 12.7. The van der Waals surface area contributed by atoms with Crippen molar-refractivity contribution in [2.75, 3.05) is 11.9 Å². The summed E-state index contributed by atoms with van der Waals surface area (Å²) in [6.45, 7) is 2.88. The molecule has 8 nitrogen and oxygen atoms in total. The van der Waals surface area contributed by atoms with Crippen LogP contribution in [0.4, 0.5) is 5.69 Å². The number of hydrogen-bond acceptors (Lipinski definition) is 6. The molecule has 2 aromatic carbocycles. The summed E-state index contributed by atoms with van der Waals surface area (Å²) in [5, 5.41) is 6.92. The summed E-state index contributed by atoms with van der Waals surface area (Å²) in [6.07, 6.45) is 0. The van der Waals surface area contributed by atoms with Gasteiger partial charge in [-0.25, -0.2) is 13.1 Å². The molecule has 0 aliphatic heterocycles. The van der Waals surface area contributed by atoms with Gasteiger partial charge in [-0.2, -0.15) is 4.98 Å². The minimum absolute atomic E-state index is 0.0340. The number of anilines is 1. The van der Waals surface area contributed by atoms with Crippen LogP contribution in [0.15, 0.2) is 51.9 Å². The SMILES string of the molecule is Cc1nc(-c2ccc(C)c(S(=O)(=O)NCC(=O)Nc3ccc(Cl)cc3)c2)no1. The Balaban J connectivity index is 1.73. The van der Waals surface area contributed by atoms with Gasteiger partial charge in [0.25, 0.3) is 0 Å². The number of carbonyl (C=O) groups excluding carboxylic acids is 1. The molecule has 0 fully saturated rings. The standard InChI is InChI=1S/C18H17ClN4O4S/c1-11-3-4-13(18-21-12(2)27-23-18)9-16(11)28(25,26)20-10-17(24)22-15-7-5-14(19)6-8-15/h3-9,20H,10H2,1-2H3,(H,22,24). The van der Waals surface area contributed by atoms with E-state index in [1.165, 1.54) is 6.07 Å². The van der Waals surface area contributed by atoms with E-state index in [0.717, 1.165) is 0 Å². The van der Waals surface area contributed by atoms with E-state index < -0.39 is 22.5 Å². The maximum Gasteiger partial charge on any atom is 0.241 e. The van der Waals surface area contributed by atoms with E-state index >= 15 is 0 Å². The predicted molar refractivity (Wildman–Crippen MR) is 104 cm³/mol. The first-order valence-corrected chi connectivity index (χ1v) is 10.1. The normalized spacial score (nSPS) is 11.4. The van der Waals surface area contributed by atoms with Crippen LogP contribution in [0.1, 0.15) is 11.5 Å². The molecule has 0 aliphatic rings. The molecule has 10 heteroatoms. The van der Waals surface area contributed by atoms with Gasteiger partial charge in [0.1, 0.15) is 0 Å². The van der Waals surface area contributed by atoms with Crippen molar-refractivity contribution in [3.63, 3.8) is 0 Å². The highest BCUT2D eigenvalue weighted by Gasteiger charge is 2.20. The van der Waals surface area contributed by atoms with Gasteiger partial charge in [0.15, 0.2) is 0 Å². The van der Waals surface area contributed by atoms with E-state index in [1.54, 1.807) is 50.2 Å². The highest BCUT2D eigenvalue weighted by molar-refractivity contribution is 7.89. The van der Waals surface area contributed by atoms with Crippen LogP contribution < -0.4 is 10.0 Å². The number of carbonyl (C=O) groups is 1. The zero-order valence-corrected chi connectivity index (χ0v) is 16.6. The third-order valence-electron chi connectivity index (χ3n) is 3.81. The summed E-state index contributed by atoms with van der Waals surface area (Å²) in [5.41, 5.74) is 1.53. The molecule has 3 aromatic rings. The van der Waals surface area contributed by atoms with Gasteiger partial charge >= 0.3 is 0 Å². The van der Waals surface area contributed by atoms with Crippen LogP contribution in [0.25, 0.3) is 11.4 Å². The van der Waals surface area contributed by atoms with Gasteiger partial charge in [0.2, 0.25) is 27.6 Å². The molecule has 0 unspecified atom stereocenters. The van der Waals surface area contributed by atoms with Crippen molar-refractivity contribution in [1.82, 2.24) is 14.9 Å². The van der Waals surface area contributed by atoms with Gasteiger partial charge in [-0.3, -0.25) is 4.79 Å². The first-order valence-electron chi connectivity index (χ1n) is 8.21. The lowest BCUT2D eigenvalue weighted by molar-refractivity contribution is -0.115. The second-order valence-corrected chi connectivity index (χ2v) is 8.17. The second-order valence-electron chi connectivity index (χ2n) is 6.00. The quantitative estimate of drug-likeness (QED) is 0.633. The average molecular weight is 421 g/mol. The summed E-state index contributed by atoms with van der Waals surface area (Å²) in [5.74, 6) is 0.153. The van der Waals surface area contributed by atoms with Crippen molar-refractivity contribution in [2.45, 2.75) is 18.7 Å². The summed E-state index contributed by atoms with van der Waals surface area (Å²) in [7, 11) is -3.93. The number of rotatable bonds is 6. The summed E-state index contributed by atoms with van der Waals surface area (Å²) < 4.78 is 32.6. The number of halogens is 1. The van der Waals surface area contributed by atoms with Crippen LogP contribution in [-0.2, 0) is 14.8 Å². The molecule has 0 saturated heterocycles. The Kier molecular flexibility index (Phi) is 5.78. The Hall–Kier alpha value is -2.75. The Bertz CT molecular complexity index is 1110. The fourth-order valence-electron chi connectivity index (χ4n) is 2.42. The minimum Gasteiger partial charge on any atom is -0.339 e. The first-order chi connectivity index (χ1) is 13.2. The lowest BCUT2D eigenvalue weighted by Crippen LogP contribution is -2.33. The minimum atomic E-state index is -3.93. The number of aryl methyl sites for hydroxylation is 2. The molecule has 0 bridgehead atoms. The smallest absolute Gasteiger partial charge is 0.241 e. The highest BCUT2D eigenvalue weighted by Crippen LogP contribution is 2.23. The van der Waals surface area contributed by atoms with E-state index in [0.29, 0.717) is 27.7 Å². The lowest BCUT2D eigenvalue weighted by Gasteiger charge is -2.11. The van der Waals surface area contributed by atoms with Gasteiger partial charge in [-0.1, -0.05) is 28.9 Å². The van der Waals surface area contributed by atoms with Gasteiger partial charge in [0, 0.05) is 23.2 Å². The molecule has 28 heavy (non-hydrogen) atoms. The van der Waals surface area contributed by atoms with E-state index in [2.05, 4.69) is 20.2 Å². The van der Waals surface area contributed by atoms with Crippen LogP contribution in [-0.4, -0.2) is 31.0 Å². The third kappa shape index (κ3) is 4.75. The van der Waals surface area contributed by atoms with Crippen molar-refractivity contribution in [3.8, 4) is 11.4 Å². The fraction of sp³-hybridized carbons (Fsp3) is 0.167. The van der Waals surface area contributed by atoms with Crippen LogP contribution in [0.3, 0.4) is 0 Å². The van der Waals surface area contributed by atoms with Crippen LogP contribution in [0, 0.1) is 13.8 Å². The van der Waals surface area contributed by atoms with E-state index in [-0.39, 0.29) is 10.7 Å². The van der Waals surface area contributed by atoms with Crippen molar-refractivity contribution in [2.24, 2.45) is 0 Å². The van der Waals surface area contributed by atoms with Gasteiger partial charge in [-0.15, -0.1) is 0 Å². The zero-order chi connectivity index (χ0) is 20.3. The van der Waals surface area contributed by atoms with Crippen LogP contribution in [0.5, 0.6) is 0 Å². The molecule has 0 atom stereocenters. The van der Waals surface area contributed by atoms with Crippen molar-refractivity contribution in [3.05, 3.63) is 58.9 Å². The van der Waals surface area contributed by atoms with Gasteiger partial charge in [0.05, 0.1) is 11.4 Å². The molecule has 0 radical (unpaired) electrons. The monoisotopic (exact) mass is 420 g/mol. The number of nitrogens with one attached hydrogen (secondary N) is 2. The summed E-state index contributed by atoms with van der Waals surface area (Å²) in [4.78, 5) is 16.2. The molecular formula is C18H17ClN4O4S. The topological polar surface area (TPSA) is 114 Å². The first kappa shape index (κ1) is 20.0. The van der Waals surface area contributed by atoms with Crippen molar-refractivity contribution in [1.29, 1.82) is 0 Å². The molecule has 1 aromatic heterocycles. The van der Waals surface area contributed by atoms with Crippen LogP contribution >= 0.6 is 11.6 Å². The van der Waals surface area contributed by atoms with Crippen molar-refractivity contribution < 1.29 is 17.7 Å². The number of hydrogen-bond donors (Lipinski definition) is 2. The average Bonchev–Trinajstić information content (AvgIpc) is 3.09. The highest BCUT2D eigenvalue weighted by atomic mass is 35.5. The number of aromatic nitrogens is 2. The second kappa shape index (κ2) is 8.09. The predicted octanol–water partition coefficient (Wildman–Crippen LogP) is 2.92. The molecule has 2 N–H and O–H groups in total. The Morgan fingerprint density at radius 1 is 1.14 bits per heavy atom. The molecule has 146 valence electrons. The summed E-state index contributed by atoms with van der Waals surface area (Å²) in [6, 6.07) is 11.3. The number of sulfonamides is 1. The molecule has 0 aliphatic carbocycles. The molecule has 1 amide bonds. The molecule has 0 saturated carbocycles. The third-order valence-corrected chi connectivity index (χ3v) is 5.61. The number of nitrogens with zero attached hydrogens (tertiary/aromatic N) is 2. The number of benzene rings is 2. The molecular weight excluding hydrogens is 404 g/mol. The largest absolute Gasteiger partial charge is 0.339 e. The Labute approximate surface area is 167 Å². The zero-order valence-electron chi connectivity index (χ0n) is 15.1. The molecule has 1 heterocycles. The van der Waals surface area contributed by atoms with Gasteiger partial charge in [-0.05, 0) is 42.8 Å². The Morgan fingerprint density at radius 2 is 1.86 bits per heavy atom. The maximum atomic E-state index is 12.7. The fourth-order valence-corrected chi connectivity index (χ4v) is 3.80.